The zero-order chi connectivity index (χ0) is 18.1. The molecule has 0 saturated heterocycles. The van der Waals surface area contributed by atoms with Gasteiger partial charge in [0.05, 0.1) is 11.4 Å². The first-order valence-electron chi connectivity index (χ1n) is 8.82. The Morgan fingerprint density at radius 3 is 2.81 bits per heavy atom. The Hall–Kier alpha value is -2.44. The number of thiophene rings is 1. The highest BCUT2D eigenvalue weighted by molar-refractivity contribution is 7.10. The van der Waals surface area contributed by atoms with Gasteiger partial charge in [0.15, 0.2) is 5.69 Å². The van der Waals surface area contributed by atoms with Gasteiger partial charge in [0.1, 0.15) is 0 Å². The molecule has 0 radical (unpaired) electrons. The van der Waals surface area contributed by atoms with E-state index in [0.29, 0.717) is 12.2 Å². The summed E-state index contributed by atoms with van der Waals surface area (Å²) in [6.07, 6.45) is 1.82. The molecule has 0 fully saturated rings. The van der Waals surface area contributed by atoms with Gasteiger partial charge in [0, 0.05) is 29.1 Å². The topological polar surface area (TPSA) is 50.2 Å². The molecule has 0 bridgehead atoms. The highest BCUT2D eigenvalue weighted by atomic mass is 32.1. The van der Waals surface area contributed by atoms with Crippen molar-refractivity contribution in [1.29, 1.82) is 0 Å². The van der Waals surface area contributed by atoms with Crippen LogP contribution < -0.4 is 5.32 Å². The molecule has 0 spiro atoms. The molecule has 3 aromatic rings. The molecular formula is C20H22N4OS. The molecule has 6 heteroatoms. The average Bonchev–Trinajstić information content (AvgIpc) is 3.26. The Kier molecular flexibility index (Phi) is 4.61. The smallest absolute Gasteiger partial charge is 0.272 e. The van der Waals surface area contributed by atoms with Crippen molar-refractivity contribution in [2.75, 3.05) is 27.2 Å². The summed E-state index contributed by atoms with van der Waals surface area (Å²) in [5, 5.41) is 9.87. The SMILES string of the molecule is CN(C)CCNC(=O)c1nn(-c2ccccc2)c2c1CCc1sccc1-2. The molecule has 0 atom stereocenters. The molecule has 26 heavy (non-hydrogen) atoms. The first kappa shape index (κ1) is 17.0. The molecule has 2 heterocycles. The van der Waals surface area contributed by atoms with E-state index in [-0.39, 0.29) is 5.91 Å². The van der Waals surface area contributed by atoms with Crippen molar-refractivity contribution in [2.24, 2.45) is 0 Å². The van der Waals surface area contributed by atoms with Crippen molar-refractivity contribution in [2.45, 2.75) is 12.8 Å². The minimum Gasteiger partial charge on any atom is -0.349 e. The van der Waals surface area contributed by atoms with E-state index in [2.05, 4.69) is 21.7 Å². The van der Waals surface area contributed by atoms with Crippen LogP contribution in [-0.4, -0.2) is 47.8 Å². The number of para-hydroxylation sites is 1. The lowest BCUT2D eigenvalue weighted by Gasteiger charge is -2.15. The molecular weight excluding hydrogens is 344 g/mol. The van der Waals surface area contributed by atoms with Gasteiger partial charge >= 0.3 is 0 Å². The van der Waals surface area contributed by atoms with Gasteiger partial charge in [-0.3, -0.25) is 4.79 Å². The fourth-order valence-electron chi connectivity index (χ4n) is 3.36. The molecule has 4 rings (SSSR count). The van der Waals surface area contributed by atoms with Gasteiger partial charge in [0.25, 0.3) is 5.91 Å². The highest BCUT2D eigenvalue weighted by Gasteiger charge is 2.29. The molecule has 1 aromatic carbocycles. The Labute approximate surface area is 157 Å². The van der Waals surface area contributed by atoms with Crippen LogP contribution in [0.3, 0.4) is 0 Å². The van der Waals surface area contributed by atoms with Crippen molar-refractivity contribution in [1.82, 2.24) is 20.0 Å². The number of aromatic nitrogens is 2. The van der Waals surface area contributed by atoms with Gasteiger partial charge in [-0.15, -0.1) is 11.3 Å². The van der Waals surface area contributed by atoms with Crippen LogP contribution in [0.25, 0.3) is 16.9 Å². The number of hydrogen-bond donors (Lipinski definition) is 1. The summed E-state index contributed by atoms with van der Waals surface area (Å²) >= 11 is 1.78. The van der Waals surface area contributed by atoms with E-state index in [1.165, 1.54) is 10.4 Å². The third-order valence-corrected chi connectivity index (χ3v) is 5.63. The van der Waals surface area contributed by atoms with Gasteiger partial charge in [-0.2, -0.15) is 5.10 Å². The van der Waals surface area contributed by atoms with Crippen LogP contribution in [0.5, 0.6) is 0 Å². The zero-order valence-electron chi connectivity index (χ0n) is 15.0. The maximum absolute atomic E-state index is 12.8. The van der Waals surface area contributed by atoms with Crippen molar-refractivity contribution >= 4 is 17.2 Å². The second-order valence-electron chi connectivity index (χ2n) is 6.74. The van der Waals surface area contributed by atoms with Crippen molar-refractivity contribution in [3.05, 3.63) is 57.9 Å². The molecule has 1 amide bonds. The summed E-state index contributed by atoms with van der Waals surface area (Å²) in [4.78, 5) is 16.2. The number of fused-ring (bicyclic) bond motifs is 3. The third kappa shape index (κ3) is 3.06. The lowest BCUT2D eigenvalue weighted by Crippen LogP contribution is -2.32. The van der Waals surface area contributed by atoms with Gasteiger partial charge in [-0.05, 0) is 50.5 Å². The minimum atomic E-state index is -0.0866. The molecule has 134 valence electrons. The maximum Gasteiger partial charge on any atom is 0.272 e. The fourth-order valence-corrected chi connectivity index (χ4v) is 4.24. The first-order valence-corrected chi connectivity index (χ1v) is 9.70. The second kappa shape index (κ2) is 7.05. The molecule has 1 N–H and O–H groups in total. The van der Waals surface area contributed by atoms with Crippen LogP contribution in [0, 0.1) is 0 Å². The number of rotatable bonds is 5. The number of carbonyl (C=O) groups is 1. The Morgan fingerprint density at radius 2 is 2.04 bits per heavy atom. The second-order valence-corrected chi connectivity index (χ2v) is 7.74. The predicted molar refractivity (Wildman–Crippen MR) is 105 cm³/mol. The average molecular weight is 366 g/mol. The molecule has 2 aromatic heterocycles. The van der Waals surface area contributed by atoms with Gasteiger partial charge < -0.3 is 10.2 Å². The van der Waals surface area contributed by atoms with Crippen LogP contribution in [0.2, 0.25) is 0 Å². The summed E-state index contributed by atoms with van der Waals surface area (Å²) < 4.78 is 1.93. The summed E-state index contributed by atoms with van der Waals surface area (Å²) in [5.74, 6) is -0.0866. The monoisotopic (exact) mass is 366 g/mol. The summed E-state index contributed by atoms with van der Waals surface area (Å²) in [7, 11) is 3.99. The highest BCUT2D eigenvalue weighted by Crippen LogP contribution is 2.39. The Bertz CT molecular complexity index is 927. The summed E-state index contributed by atoms with van der Waals surface area (Å²) in [6, 6.07) is 12.2. The third-order valence-electron chi connectivity index (χ3n) is 4.65. The van der Waals surface area contributed by atoms with Crippen molar-refractivity contribution < 1.29 is 4.79 Å². The zero-order valence-corrected chi connectivity index (χ0v) is 15.8. The Balaban J connectivity index is 1.77. The van der Waals surface area contributed by atoms with Gasteiger partial charge in [-0.1, -0.05) is 18.2 Å². The fraction of sp³-hybridized carbons (Fsp3) is 0.300. The summed E-state index contributed by atoms with van der Waals surface area (Å²) in [5.41, 5.74) is 4.87. The molecule has 1 aliphatic rings. The number of carbonyl (C=O) groups excluding carboxylic acids is 1. The lowest BCUT2D eigenvalue weighted by atomic mass is 9.94. The molecule has 0 unspecified atom stereocenters. The molecule has 5 nitrogen and oxygen atoms in total. The molecule has 0 aliphatic heterocycles. The standard InChI is InChI=1S/C20H22N4OS/c1-23(2)12-11-21-20(25)18-16-8-9-17-15(10-13-26-17)19(16)24(22-18)14-6-4-3-5-7-14/h3-7,10,13H,8-9,11-12H2,1-2H3,(H,21,25). The van der Waals surface area contributed by atoms with E-state index in [1.807, 2.05) is 49.1 Å². The van der Waals surface area contributed by atoms with Crippen LogP contribution in [0.4, 0.5) is 0 Å². The van der Waals surface area contributed by atoms with E-state index >= 15 is 0 Å². The van der Waals surface area contributed by atoms with E-state index in [0.717, 1.165) is 36.3 Å². The number of aryl methyl sites for hydroxylation is 1. The van der Waals surface area contributed by atoms with Crippen LogP contribution in [0.15, 0.2) is 41.8 Å². The van der Waals surface area contributed by atoms with E-state index < -0.39 is 0 Å². The number of benzene rings is 1. The number of hydrogen-bond acceptors (Lipinski definition) is 4. The van der Waals surface area contributed by atoms with E-state index in [1.54, 1.807) is 11.3 Å². The van der Waals surface area contributed by atoms with E-state index in [4.69, 9.17) is 5.10 Å². The lowest BCUT2D eigenvalue weighted by molar-refractivity contribution is 0.0944. The number of amides is 1. The largest absolute Gasteiger partial charge is 0.349 e. The van der Waals surface area contributed by atoms with Crippen molar-refractivity contribution in [3.63, 3.8) is 0 Å². The molecule has 1 aliphatic carbocycles. The normalized spacial score (nSPS) is 12.7. The van der Waals surface area contributed by atoms with Crippen molar-refractivity contribution in [3.8, 4) is 16.9 Å². The molecule has 0 saturated carbocycles. The maximum atomic E-state index is 12.8. The predicted octanol–water partition coefficient (Wildman–Crippen LogP) is 2.99. The minimum absolute atomic E-state index is 0.0866. The van der Waals surface area contributed by atoms with Gasteiger partial charge in [0.2, 0.25) is 0 Å². The number of likely N-dealkylation sites (N-methyl/N-ethyl adjacent to an activating group) is 1. The quantitative estimate of drug-likeness (QED) is 0.755. The van der Waals surface area contributed by atoms with Crippen LogP contribution >= 0.6 is 11.3 Å². The number of nitrogens with zero attached hydrogens (tertiary/aromatic N) is 3. The Morgan fingerprint density at radius 1 is 1.23 bits per heavy atom. The van der Waals surface area contributed by atoms with Gasteiger partial charge in [-0.25, -0.2) is 4.68 Å². The summed E-state index contributed by atoms with van der Waals surface area (Å²) in [6.45, 7) is 1.42. The van der Waals surface area contributed by atoms with E-state index in [9.17, 15) is 4.79 Å². The number of nitrogens with one attached hydrogen (secondary N) is 1. The van der Waals surface area contributed by atoms with Crippen LogP contribution in [0.1, 0.15) is 20.9 Å². The van der Waals surface area contributed by atoms with Crippen LogP contribution in [-0.2, 0) is 12.8 Å². The first-order chi connectivity index (χ1) is 12.6.